The Morgan fingerprint density at radius 1 is 1.25 bits per heavy atom. The molecule has 1 atom stereocenters. The molecule has 0 aromatic rings. The Hall–Kier alpha value is -2.40. The monoisotopic (exact) mass is 384 g/mol. The van der Waals surface area contributed by atoms with Crippen LogP contribution in [0.1, 0.15) is 54.4 Å². The van der Waals surface area contributed by atoms with Gasteiger partial charge in [0.15, 0.2) is 0 Å². The quantitative estimate of drug-likeness (QED) is 0.165. The maximum Gasteiger partial charge on any atom is 0.250 e. The molecule has 0 aromatic carbocycles. The van der Waals surface area contributed by atoms with E-state index in [9.17, 15) is 4.79 Å². The van der Waals surface area contributed by atoms with Gasteiger partial charge in [-0.3, -0.25) is 20.5 Å². The molecule has 0 aromatic heterocycles. The van der Waals surface area contributed by atoms with Crippen molar-refractivity contribution in [1.29, 1.82) is 0 Å². The number of carbonyl (C=O) groups is 1. The van der Waals surface area contributed by atoms with Crippen LogP contribution in [0.3, 0.4) is 0 Å². The van der Waals surface area contributed by atoms with E-state index in [0.717, 1.165) is 11.1 Å². The highest BCUT2D eigenvalue weighted by molar-refractivity contribution is 6.02. The number of nitrogens with one attached hydrogen (secondary N) is 2. The van der Waals surface area contributed by atoms with Crippen LogP contribution < -0.4 is 16.6 Å². The number of carbonyl (C=O) groups excluding carboxylic acids is 1. The predicted molar refractivity (Wildman–Crippen MR) is 119 cm³/mol. The summed E-state index contributed by atoms with van der Waals surface area (Å²) in [4.78, 5) is 15.6. The SMILES string of the molecule is CN=C(NN)NC(=O)/C=C(C)/C=C/C=C(C)/C=C/C1=C(C)C(C)CCC1(C)C. The summed E-state index contributed by atoms with van der Waals surface area (Å²) in [5, 5.41) is 2.55. The van der Waals surface area contributed by atoms with Gasteiger partial charge in [-0.15, -0.1) is 0 Å². The number of aliphatic imine (C=N–C) groups is 1. The van der Waals surface area contributed by atoms with E-state index in [1.807, 2.05) is 25.2 Å². The fourth-order valence-corrected chi connectivity index (χ4v) is 3.27. The second kappa shape index (κ2) is 10.8. The molecule has 1 aliphatic carbocycles. The maximum atomic E-state index is 11.8. The van der Waals surface area contributed by atoms with Gasteiger partial charge in [0.1, 0.15) is 0 Å². The molecule has 0 aliphatic heterocycles. The van der Waals surface area contributed by atoms with Gasteiger partial charge in [-0.2, -0.15) is 0 Å². The minimum absolute atomic E-state index is 0.225. The summed E-state index contributed by atoms with van der Waals surface area (Å²) in [5.74, 6) is 5.84. The molecule has 0 saturated carbocycles. The summed E-state index contributed by atoms with van der Waals surface area (Å²) in [6, 6.07) is 0. The minimum atomic E-state index is -0.280. The van der Waals surface area contributed by atoms with Gasteiger partial charge in [-0.1, -0.05) is 62.3 Å². The van der Waals surface area contributed by atoms with Gasteiger partial charge in [0.2, 0.25) is 5.96 Å². The highest BCUT2D eigenvalue weighted by atomic mass is 16.1. The molecule has 0 spiro atoms. The van der Waals surface area contributed by atoms with Gasteiger partial charge in [-0.25, -0.2) is 5.84 Å². The number of rotatable bonds is 5. The molecule has 0 heterocycles. The molecular formula is C23H36N4O. The van der Waals surface area contributed by atoms with Crippen LogP contribution in [0.4, 0.5) is 0 Å². The van der Waals surface area contributed by atoms with Crippen molar-refractivity contribution in [2.75, 3.05) is 7.05 Å². The number of hydrazine groups is 1. The van der Waals surface area contributed by atoms with Crippen molar-refractivity contribution in [3.8, 4) is 0 Å². The highest BCUT2D eigenvalue weighted by Gasteiger charge is 2.29. The van der Waals surface area contributed by atoms with Crippen LogP contribution in [0.5, 0.6) is 0 Å². The number of nitrogens with zero attached hydrogens (tertiary/aromatic N) is 1. The molecule has 154 valence electrons. The normalized spacial score (nSPS) is 21.6. The van der Waals surface area contributed by atoms with E-state index in [-0.39, 0.29) is 17.3 Å². The van der Waals surface area contributed by atoms with Crippen molar-refractivity contribution in [3.05, 3.63) is 58.7 Å². The first-order valence-corrected chi connectivity index (χ1v) is 9.77. The van der Waals surface area contributed by atoms with Crippen molar-refractivity contribution >= 4 is 11.9 Å². The van der Waals surface area contributed by atoms with Crippen molar-refractivity contribution in [2.24, 2.45) is 22.2 Å². The molecule has 5 heteroatoms. The zero-order chi connectivity index (χ0) is 21.3. The lowest BCUT2D eigenvalue weighted by atomic mass is 9.69. The number of hydrogen-bond donors (Lipinski definition) is 3. The first-order chi connectivity index (χ1) is 13.1. The molecule has 5 nitrogen and oxygen atoms in total. The molecule has 0 bridgehead atoms. The Bertz CT molecular complexity index is 749. The summed E-state index contributed by atoms with van der Waals surface area (Å²) >= 11 is 0. The van der Waals surface area contributed by atoms with Gasteiger partial charge < -0.3 is 0 Å². The molecule has 1 amide bonds. The fourth-order valence-electron chi connectivity index (χ4n) is 3.27. The van der Waals surface area contributed by atoms with Crippen LogP contribution >= 0.6 is 0 Å². The number of allylic oxidation sites excluding steroid dienone is 9. The van der Waals surface area contributed by atoms with E-state index >= 15 is 0 Å². The molecule has 1 unspecified atom stereocenters. The average molecular weight is 385 g/mol. The molecule has 4 N–H and O–H groups in total. The van der Waals surface area contributed by atoms with Crippen molar-refractivity contribution in [2.45, 2.75) is 54.4 Å². The number of guanidine groups is 1. The zero-order valence-corrected chi connectivity index (χ0v) is 18.4. The van der Waals surface area contributed by atoms with Crippen molar-refractivity contribution in [3.63, 3.8) is 0 Å². The van der Waals surface area contributed by atoms with E-state index < -0.39 is 0 Å². The fraction of sp³-hybridized carbons (Fsp3) is 0.478. The molecule has 28 heavy (non-hydrogen) atoms. The van der Waals surface area contributed by atoms with Gasteiger partial charge in [-0.05, 0) is 56.1 Å². The second-order valence-corrected chi connectivity index (χ2v) is 8.12. The first kappa shape index (κ1) is 23.6. The van der Waals surface area contributed by atoms with Gasteiger partial charge in [0, 0.05) is 13.1 Å². The average Bonchev–Trinajstić information content (AvgIpc) is 2.62. The van der Waals surface area contributed by atoms with Crippen molar-refractivity contribution < 1.29 is 4.79 Å². The predicted octanol–water partition coefficient (Wildman–Crippen LogP) is 4.33. The third kappa shape index (κ3) is 7.31. The van der Waals surface area contributed by atoms with Crippen LogP contribution in [0.2, 0.25) is 0 Å². The second-order valence-electron chi connectivity index (χ2n) is 8.12. The smallest absolute Gasteiger partial charge is 0.250 e. The third-order valence-corrected chi connectivity index (χ3v) is 5.29. The maximum absolute atomic E-state index is 11.8. The Morgan fingerprint density at radius 2 is 1.93 bits per heavy atom. The first-order valence-electron chi connectivity index (χ1n) is 9.77. The summed E-state index contributed by atoms with van der Waals surface area (Å²) < 4.78 is 0. The number of nitrogens with two attached hydrogens (primary N) is 1. The third-order valence-electron chi connectivity index (χ3n) is 5.29. The van der Waals surface area contributed by atoms with Gasteiger partial charge in [0.05, 0.1) is 0 Å². The van der Waals surface area contributed by atoms with Crippen LogP contribution in [0.15, 0.2) is 63.7 Å². The summed E-state index contributed by atoms with van der Waals surface area (Å²) in [5.41, 5.74) is 7.50. The van der Waals surface area contributed by atoms with E-state index in [4.69, 9.17) is 5.84 Å². The Morgan fingerprint density at radius 3 is 2.54 bits per heavy atom. The molecule has 0 fully saturated rings. The van der Waals surface area contributed by atoms with E-state index in [0.29, 0.717) is 5.92 Å². The minimum Gasteiger partial charge on any atom is -0.294 e. The van der Waals surface area contributed by atoms with Crippen LogP contribution in [0, 0.1) is 11.3 Å². The number of amides is 1. The van der Waals surface area contributed by atoms with Crippen LogP contribution in [0.25, 0.3) is 0 Å². The lowest BCUT2D eigenvalue weighted by Crippen LogP contribution is -2.43. The van der Waals surface area contributed by atoms with E-state index in [1.54, 1.807) is 7.05 Å². The number of hydrogen-bond acceptors (Lipinski definition) is 3. The van der Waals surface area contributed by atoms with Crippen molar-refractivity contribution in [1.82, 2.24) is 10.7 Å². The molecule has 1 rings (SSSR count). The van der Waals surface area contributed by atoms with Gasteiger partial charge in [0.25, 0.3) is 5.91 Å². The summed E-state index contributed by atoms with van der Waals surface area (Å²) in [7, 11) is 1.54. The van der Waals surface area contributed by atoms with E-state index in [1.165, 1.54) is 30.1 Å². The molecule has 0 radical (unpaired) electrons. The van der Waals surface area contributed by atoms with E-state index in [2.05, 4.69) is 62.5 Å². The Kier molecular flexibility index (Phi) is 9.13. The lowest BCUT2D eigenvalue weighted by molar-refractivity contribution is -0.115. The standard InChI is InChI=1S/C23H36N4O/c1-16(11-12-20-19(4)18(3)13-14-23(20,5)6)9-8-10-17(2)15-21(28)26-22(25-7)27-24/h8-12,15,18H,13-14,24H2,1-7H3,(H2,25,26,27,28)/b10-8+,12-11+,16-9+,17-15+. The molecule has 1 aliphatic rings. The summed E-state index contributed by atoms with van der Waals surface area (Å²) in [6.45, 7) is 13.2. The van der Waals surface area contributed by atoms with Crippen LogP contribution in [-0.4, -0.2) is 18.9 Å². The highest BCUT2D eigenvalue weighted by Crippen LogP contribution is 2.43. The largest absolute Gasteiger partial charge is 0.294 e. The Labute approximate surface area is 170 Å². The zero-order valence-electron chi connectivity index (χ0n) is 18.4. The summed E-state index contributed by atoms with van der Waals surface area (Å²) in [6.07, 6.45) is 14.3. The van der Waals surface area contributed by atoms with Crippen LogP contribution in [-0.2, 0) is 4.79 Å². The Balaban J connectivity index is 2.78. The molecule has 0 saturated heterocycles. The topological polar surface area (TPSA) is 79.5 Å². The molecular weight excluding hydrogens is 348 g/mol. The van der Waals surface area contributed by atoms with Gasteiger partial charge >= 0.3 is 0 Å². The lowest BCUT2D eigenvalue weighted by Gasteiger charge is -2.36.